The maximum absolute atomic E-state index is 11.3. The zero-order valence-corrected chi connectivity index (χ0v) is 8.67. The molecule has 4 nitrogen and oxygen atoms in total. The monoisotopic (exact) mass is 216 g/mol. The van der Waals surface area contributed by atoms with Gasteiger partial charge in [-0.3, -0.25) is 4.79 Å². The van der Waals surface area contributed by atoms with Crippen LogP contribution in [0.3, 0.4) is 0 Å². The Morgan fingerprint density at radius 1 is 1.64 bits per heavy atom. The fourth-order valence-corrected chi connectivity index (χ4v) is 1.11. The molecule has 0 aliphatic carbocycles. The first-order valence-corrected chi connectivity index (χ1v) is 5.51. The maximum Gasteiger partial charge on any atom is 0.227 e. The van der Waals surface area contributed by atoms with Gasteiger partial charge < -0.3 is 14.3 Å². The fraction of sp³-hybridized carbons (Fsp3) is 0.444. The summed E-state index contributed by atoms with van der Waals surface area (Å²) in [6.07, 6.45) is 3.19. The lowest BCUT2D eigenvalue weighted by atomic mass is 10.4. The first kappa shape index (κ1) is 11.1. The highest BCUT2D eigenvalue weighted by Crippen LogP contribution is 2.06. The molecule has 0 bridgehead atoms. The smallest absolute Gasteiger partial charge is 0.227 e. The molecule has 0 atom stereocenters. The predicted molar refractivity (Wildman–Crippen MR) is 54.8 cm³/mol. The zero-order valence-electron chi connectivity index (χ0n) is 7.86. The van der Waals surface area contributed by atoms with Crippen molar-refractivity contribution in [3.8, 4) is 5.75 Å². The lowest BCUT2D eigenvalue weighted by Gasteiger charge is -2.03. The van der Waals surface area contributed by atoms with Crippen molar-refractivity contribution in [3.63, 3.8) is 0 Å². The van der Waals surface area contributed by atoms with Crippen molar-refractivity contribution in [1.29, 1.82) is 0 Å². The molecule has 1 N–H and O–H groups in total. The number of thioether (sulfide) groups is 1. The average Bonchev–Trinajstić information content (AvgIpc) is 2.20. The summed E-state index contributed by atoms with van der Waals surface area (Å²) in [5, 5.41) is 8.69. The third kappa shape index (κ3) is 3.08. The van der Waals surface area contributed by atoms with Crippen LogP contribution in [0.1, 0.15) is 5.76 Å². The predicted octanol–water partition coefficient (Wildman–Crippen LogP) is 0.874. The largest absolute Gasteiger partial charge is 0.486 e. The molecule has 0 aromatic carbocycles. The van der Waals surface area contributed by atoms with E-state index in [9.17, 15) is 4.79 Å². The second-order valence-electron chi connectivity index (χ2n) is 2.57. The van der Waals surface area contributed by atoms with Gasteiger partial charge in [0.25, 0.3) is 0 Å². The van der Waals surface area contributed by atoms with Gasteiger partial charge in [0.05, 0.1) is 6.61 Å². The Kier molecular flexibility index (Phi) is 4.55. The van der Waals surface area contributed by atoms with E-state index in [1.807, 2.05) is 6.26 Å². The van der Waals surface area contributed by atoms with E-state index >= 15 is 0 Å². The van der Waals surface area contributed by atoms with E-state index in [0.29, 0.717) is 6.61 Å². The maximum atomic E-state index is 11.3. The molecule has 78 valence electrons. The van der Waals surface area contributed by atoms with Crippen molar-refractivity contribution in [3.05, 3.63) is 28.3 Å². The highest BCUT2D eigenvalue weighted by Gasteiger charge is 2.03. The van der Waals surface area contributed by atoms with Crippen molar-refractivity contribution in [1.82, 2.24) is 0 Å². The summed E-state index contributed by atoms with van der Waals surface area (Å²) in [6.45, 7) is 0.199. The lowest BCUT2D eigenvalue weighted by Crippen LogP contribution is -2.10. The first-order chi connectivity index (χ1) is 6.77. The minimum Gasteiger partial charge on any atom is -0.486 e. The van der Waals surface area contributed by atoms with Crippen LogP contribution < -0.4 is 10.2 Å². The molecule has 0 saturated heterocycles. The zero-order chi connectivity index (χ0) is 10.4. The Morgan fingerprint density at radius 3 is 3.00 bits per heavy atom. The summed E-state index contributed by atoms with van der Waals surface area (Å²) < 4.78 is 10.1. The second-order valence-corrected chi connectivity index (χ2v) is 3.56. The molecule has 0 amide bonds. The van der Waals surface area contributed by atoms with Crippen LogP contribution in [0, 0.1) is 0 Å². The van der Waals surface area contributed by atoms with E-state index < -0.39 is 0 Å². The van der Waals surface area contributed by atoms with E-state index in [-0.39, 0.29) is 23.5 Å². The molecule has 0 aliphatic heterocycles. The fourth-order valence-electron chi connectivity index (χ4n) is 0.862. The third-order valence-electron chi connectivity index (χ3n) is 1.55. The normalized spacial score (nSPS) is 10.1. The molecule has 1 aromatic heterocycles. The number of aliphatic hydroxyl groups excluding tert-OH is 1. The van der Waals surface area contributed by atoms with Gasteiger partial charge in [0, 0.05) is 11.8 Å². The van der Waals surface area contributed by atoms with Crippen molar-refractivity contribution < 1.29 is 14.3 Å². The van der Waals surface area contributed by atoms with E-state index in [1.165, 1.54) is 12.3 Å². The molecule has 0 radical (unpaired) electrons. The van der Waals surface area contributed by atoms with Crippen LogP contribution in [0.5, 0.6) is 5.75 Å². The van der Waals surface area contributed by atoms with Gasteiger partial charge >= 0.3 is 0 Å². The molecular formula is C9H12O4S. The summed E-state index contributed by atoms with van der Waals surface area (Å²) in [7, 11) is 0. The van der Waals surface area contributed by atoms with Crippen molar-refractivity contribution >= 4 is 11.8 Å². The molecule has 1 heterocycles. The third-order valence-corrected chi connectivity index (χ3v) is 2.13. The van der Waals surface area contributed by atoms with E-state index in [2.05, 4.69) is 0 Å². The summed E-state index contributed by atoms with van der Waals surface area (Å²) in [6, 6.07) is 1.23. The van der Waals surface area contributed by atoms with Crippen LogP contribution in [0.25, 0.3) is 0 Å². The van der Waals surface area contributed by atoms with Gasteiger partial charge in [-0.2, -0.15) is 11.8 Å². The van der Waals surface area contributed by atoms with Crippen LogP contribution in [0.4, 0.5) is 0 Å². The van der Waals surface area contributed by atoms with Crippen molar-refractivity contribution in [2.45, 2.75) is 6.61 Å². The number of hydrogen-bond acceptors (Lipinski definition) is 5. The van der Waals surface area contributed by atoms with E-state index in [1.54, 1.807) is 11.8 Å². The molecule has 5 heteroatoms. The molecule has 0 aliphatic rings. The Balaban J connectivity index is 2.64. The van der Waals surface area contributed by atoms with Crippen LogP contribution in [-0.4, -0.2) is 23.7 Å². The van der Waals surface area contributed by atoms with Gasteiger partial charge in [-0.25, -0.2) is 0 Å². The first-order valence-electron chi connectivity index (χ1n) is 4.12. The van der Waals surface area contributed by atoms with Crippen LogP contribution in [0.15, 0.2) is 21.5 Å². The van der Waals surface area contributed by atoms with Gasteiger partial charge in [-0.15, -0.1) is 0 Å². The van der Waals surface area contributed by atoms with Crippen LogP contribution in [0.2, 0.25) is 0 Å². The average molecular weight is 216 g/mol. The molecule has 14 heavy (non-hydrogen) atoms. The topological polar surface area (TPSA) is 59.7 Å². The van der Waals surface area contributed by atoms with Crippen LogP contribution in [-0.2, 0) is 6.61 Å². The highest BCUT2D eigenvalue weighted by atomic mass is 32.2. The molecule has 1 rings (SSSR count). The molecule has 1 aromatic rings. The molecular weight excluding hydrogens is 204 g/mol. The molecule has 0 saturated carbocycles. The van der Waals surface area contributed by atoms with Gasteiger partial charge in [0.2, 0.25) is 11.2 Å². The van der Waals surface area contributed by atoms with Crippen molar-refractivity contribution in [2.75, 3.05) is 18.6 Å². The van der Waals surface area contributed by atoms with Gasteiger partial charge in [0.15, 0.2) is 0 Å². The number of rotatable bonds is 5. The van der Waals surface area contributed by atoms with Gasteiger partial charge in [-0.05, 0) is 6.26 Å². The van der Waals surface area contributed by atoms with E-state index in [4.69, 9.17) is 14.3 Å². The van der Waals surface area contributed by atoms with E-state index in [0.717, 1.165) is 5.75 Å². The Bertz CT molecular complexity index is 334. The van der Waals surface area contributed by atoms with Crippen molar-refractivity contribution in [2.24, 2.45) is 0 Å². The number of ether oxygens (including phenoxy) is 1. The lowest BCUT2D eigenvalue weighted by molar-refractivity contribution is 0.239. The quantitative estimate of drug-likeness (QED) is 0.740. The molecule has 0 unspecified atom stereocenters. The minimum absolute atomic E-state index is 0.191. The summed E-state index contributed by atoms with van der Waals surface area (Å²) in [5.74, 6) is 1.25. The number of hydrogen-bond donors (Lipinski definition) is 1. The van der Waals surface area contributed by atoms with Gasteiger partial charge in [0.1, 0.15) is 18.6 Å². The summed E-state index contributed by atoms with van der Waals surface area (Å²) >= 11 is 1.64. The second kappa shape index (κ2) is 5.72. The molecule has 0 spiro atoms. The Hall–Kier alpha value is -0.940. The summed E-state index contributed by atoms with van der Waals surface area (Å²) in [5.41, 5.74) is -0.263. The minimum atomic E-state index is -0.277. The Morgan fingerprint density at radius 2 is 2.43 bits per heavy atom. The highest BCUT2D eigenvalue weighted by molar-refractivity contribution is 7.98. The standard InChI is InChI=1S/C9H12O4S/c1-14-3-2-12-9-6-13-7(5-10)4-8(9)11/h4,6,10H,2-3,5H2,1H3. The SMILES string of the molecule is CSCCOc1coc(CO)cc1=O. The van der Waals surface area contributed by atoms with Gasteiger partial charge in [-0.1, -0.05) is 0 Å². The summed E-state index contributed by atoms with van der Waals surface area (Å²) in [4.78, 5) is 11.3. The Labute approximate surface area is 85.9 Å². The molecule has 0 fully saturated rings. The van der Waals surface area contributed by atoms with Crippen LogP contribution >= 0.6 is 11.8 Å². The number of aliphatic hydroxyl groups is 1.